The predicted molar refractivity (Wildman–Crippen MR) is 92.3 cm³/mol. The fourth-order valence-electron chi connectivity index (χ4n) is 2.59. The first kappa shape index (κ1) is 15.2. The second kappa shape index (κ2) is 5.81. The van der Waals surface area contributed by atoms with Gasteiger partial charge in [-0.25, -0.2) is 13.4 Å². The van der Waals surface area contributed by atoms with Gasteiger partial charge in [-0.2, -0.15) is 0 Å². The SMILES string of the molecule is C=N/C=N\C(=C/C)N1c2ccccc2S(=O)(=O)c2ccccc21. The molecule has 0 unspecified atom stereocenters. The third-order valence-electron chi connectivity index (χ3n) is 3.55. The molecule has 2 aromatic rings. The third-order valence-corrected chi connectivity index (χ3v) is 5.40. The summed E-state index contributed by atoms with van der Waals surface area (Å²) in [6.07, 6.45) is 3.14. The Kier molecular flexibility index (Phi) is 3.83. The van der Waals surface area contributed by atoms with Crippen LogP contribution in [0.25, 0.3) is 0 Å². The Hall–Kier alpha value is -2.73. The van der Waals surface area contributed by atoms with E-state index in [1.54, 1.807) is 54.6 Å². The van der Waals surface area contributed by atoms with Crippen molar-refractivity contribution in [2.24, 2.45) is 9.98 Å². The van der Waals surface area contributed by atoms with Crippen molar-refractivity contribution in [3.05, 3.63) is 60.4 Å². The minimum absolute atomic E-state index is 0.264. The lowest BCUT2D eigenvalue weighted by Crippen LogP contribution is -2.25. The highest BCUT2D eigenvalue weighted by atomic mass is 32.2. The van der Waals surface area contributed by atoms with E-state index in [-0.39, 0.29) is 9.79 Å². The van der Waals surface area contributed by atoms with E-state index in [2.05, 4.69) is 16.7 Å². The van der Waals surface area contributed by atoms with Gasteiger partial charge in [0.2, 0.25) is 9.84 Å². The maximum Gasteiger partial charge on any atom is 0.210 e. The third kappa shape index (κ3) is 2.37. The number of rotatable bonds is 3. The molecule has 0 aliphatic carbocycles. The van der Waals surface area contributed by atoms with Gasteiger partial charge in [0, 0.05) is 0 Å². The molecular weight excluding hydrogens is 310 g/mol. The van der Waals surface area contributed by atoms with Crippen LogP contribution in [0.5, 0.6) is 0 Å². The Bertz CT molecular complexity index is 877. The quantitative estimate of drug-likeness (QED) is 0.640. The number of nitrogens with zero attached hydrogens (tertiary/aromatic N) is 3. The molecule has 116 valence electrons. The normalized spacial score (nSPS) is 16.0. The summed E-state index contributed by atoms with van der Waals surface area (Å²) in [4.78, 5) is 10.2. The van der Waals surface area contributed by atoms with Gasteiger partial charge in [-0.3, -0.25) is 9.89 Å². The number of sulfone groups is 1. The molecule has 0 aromatic heterocycles. The molecule has 3 rings (SSSR count). The Morgan fingerprint density at radius 3 is 2.04 bits per heavy atom. The molecule has 1 aliphatic rings. The zero-order valence-electron chi connectivity index (χ0n) is 12.5. The van der Waals surface area contributed by atoms with Crippen molar-refractivity contribution in [1.29, 1.82) is 0 Å². The summed E-state index contributed by atoms with van der Waals surface area (Å²) >= 11 is 0. The molecule has 6 heteroatoms. The molecule has 0 amide bonds. The molecule has 1 aliphatic heterocycles. The van der Waals surface area contributed by atoms with Crippen LogP contribution < -0.4 is 4.90 Å². The number of hydrogen-bond acceptors (Lipinski definition) is 4. The monoisotopic (exact) mass is 325 g/mol. The Labute approximate surface area is 135 Å². The summed E-state index contributed by atoms with van der Waals surface area (Å²) in [7, 11) is -3.55. The number of allylic oxidation sites excluding steroid dienone is 1. The largest absolute Gasteiger partial charge is 0.293 e. The fourth-order valence-corrected chi connectivity index (χ4v) is 4.22. The van der Waals surface area contributed by atoms with E-state index in [0.717, 1.165) is 0 Å². The van der Waals surface area contributed by atoms with E-state index < -0.39 is 9.84 Å². The summed E-state index contributed by atoms with van der Waals surface area (Å²) in [5, 5.41) is 0. The summed E-state index contributed by atoms with van der Waals surface area (Å²) in [6, 6.07) is 13.8. The molecule has 0 spiro atoms. The van der Waals surface area contributed by atoms with Crippen molar-refractivity contribution < 1.29 is 8.42 Å². The molecule has 0 saturated carbocycles. The second-order valence-electron chi connectivity index (χ2n) is 4.85. The van der Waals surface area contributed by atoms with Crippen LogP contribution >= 0.6 is 0 Å². The van der Waals surface area contributed by atoms with Crippen molar-refractivity contribution in [3.8, 4) is 0 Å². The summed E-state index contributed by atoms with van der Waals surface area (Å²) < 4.78 is 25.7. The number of anilines is 2. The van der Waals surface area contributed by atoms with E-state index in [0.29, 0.717) is 17.2 Å². The summed E-state index contributed by atoms with van der Waals surface area (Å²) in [5.41, 5.74) is 1.14. The molecule has 2 aromatic carbocycles. The molecule has 0 fully saturated rings. The lowest BCUT2D eigenvalue weighted by atomic mass is 10.2. The molecule has 0 saturated heterocycles. The molecule has 0 bridgehead atoms. The Morgan fingerprint density at radius 2 is 1.57 bits per heavy atom. The van der Waals surface area contributed by atoms with Gasteiger partial charge in [0.1, 0.15) is 12.2 Å². The lowest BCUT2D eigenvalue weighted by Gasteiger charge is -2.32. The van der Waals surface area contributed by atoms with Gasteiger partial charge >= 0.3 is 0 Å². The van der Waals surface area contributed by atoms with Crippen molar-refractivity contribution in [3.63, 3.8) is 0 Å². The van der Waals surface area contributed by atoms with Crippen molar-refractivity contribution in [2.75, 3.05) is 4.90 Å². The van der Waals surface area contributed by atoms with E-state index in [9.17, 15) is 8.42 Å². The van der Waals surface area contributed by atoms with Crippen LogP contribution in [0.4, 0.5) is 11.4 Å². The number of para-hydroxylation sites is 2. The predicted octanol–water partition coefficient (Wildman–Crippen LogP) is 3.56. The average Bonchev–Trinajstić information content (AvgIpc) is 2.58. The van der Waals surface area contributed by atoms with E-state index >= 15 is 0 Å². The van der Waals surface area contributed by atoms with Crippen LogP contribution in [0.15, 0.2) is 80.2 Å². The first-order valence-electron chi connectivity index (χ1n) is 6.99. The molecular formula is C17H15N3O2S. The van der Waals surface area contributed by atoms with Gasteiger partial charge in [-0.05, 0) is 44.0 Å². The average molecular weight is 325 g/mol. The summed E-state index contributed by atoms with van der Waals surface area (Å²) in [5.74, 6) is 0.576. The number of fused-ring (bicyclic) bond motifs is 2. The first-order valence-corrected chi connectivity index (χ1v) is 8.47. The van der Waals surface area contributed by atoms with Crippen molar-refractivity contribution in [1.82, 2.24) is 0 Å². The topological polar surface area (TPSA) is 62.1 Å². The van der Waals surface area contributed by atoms with E-state index in [1.165, 1.54) is 6.34 Å². The molecule has 5 nitrogen and oxygen atoms in total. The maximum absolute atomic E-state index is 12.9. The van der Waals surface area contributed by atoms with Gasteiger partial charge in [0.25, 0.3) is 0 Å². The first-order chi connectivity index (χ1) is 11.1. The van der Waals surface area contributed by atoms with Crippen LogP contribution in [0.2, 0.25) is 0 Å². The van der Waals surface area contributed by atoms with Gasteiger partial charge < -0.3 is 0 Å². The van der Waals surface area contributed by atoms with E-state index in [1.807, 2.05) is 11.8 Å². The number of benzene rings is 2. The smallest absolute Gasteiger partial charge is 0.210 e. The minimum Gasteiger partial charge on any atom is -0.293 e. The fraction of sp³-hybridized carbons (Fsp3) is 0.0588. The molecule has 1 heterocycles. The molecule has 23 heavy (non-hydrogen) atoms. The van der Waals surface area contributed by atoms with Crippen LogP contribution in [0, 0.1) is 0 Å². The summed E-state index contributed by atoms with van der Waals surface area (Å²) in [6.45, 7) is 5.22. The Morgan fingerprint density at radius 1 is 1.04 bits per heavy atom. The van der Waals surface area contributed by atoms with Gasteiger partial charge in [-0.15, -0.1) is 0 Å². The van der Waals surface area contributed by atoms with Crippen molar-refractivity contribution in [2.45, 2.75) is 16.7 Å². The van der Waals surface area contributed by atoms with Gasteiger partial charge in [-0.1, -0.05) is 24.3 Å². The highest BCUT2D eigenvalue weighted by Gasteiger charge is 2.34. The highest BCUT2D eigenvalue weighted by Crippen LogP contribution is 2.45. The maximum atomic E-state index is 12.9. The zero-order valence-corrected chi connectivity index (χ0v) is 13.4. The zero-order chi connectivity index (χ0) is 16.4. The van der Waals surface area contributed by atoms with Gasteiger partial charge in [0.05, 0.1) is 21.2 Å². The standard InChI is InChI=1S/C17H15N3O2S/c1-3-17(19-12-18-2)20-13-8-4-6-10-15(13)23(21,22)16-11-7-5-9-14(16)20/h3-12H,2H2,1H3/b17-3+,19-12-. The van der Waals surface area contributed by atoms with Crippen LogP contribution in [0.1, 0.15) is 6.92 Å². The van der Waals surface area contributed by atoms with Crippen LogP contribution in [0.3, 0.4) is 0 Å². The second-order valence-corrected chi connectivity index (χ2v) is 6.73. The highest BCUT2D eigenvalue weighted by molar-refractivity contribution is 7.92. The molecule has 0 N–H and O–H groups in total. The number of aliphatic imine (C=N–C) groups is 2. The molecule has 0 radical (unpaired) electrons. The lowest BCUT2D eigenvalue weighted by molar-refractivity contribution is 0.594. The van der Waals surface area contributed by atoms with Gasteiger partial charge in [0.15, 0.2) is 0 Å². The Balaban J connectivity index is 2.34. The molecule has 0 atom stereocenters. The van der Waals surface area contributed by atoms with Crippen LogP contribution in [-0.2, 0) is 9.84 Å². The van der Waals surface area contributed by atoms with E-state index in [4.69, 9.17) is 0 Å². The number of hydrogen-bond donors (Lipinski definition) is 0. The van der Waals surface area contributed by atoms with Crippen molar-refractivity contribution >= 4 is 34.3 Å². The minimum atomic E-state index is -3.55. The van der Waals surface area contributed by atoms with Crippen LogP contribution in [-0.4, -0.2) is 21.5 Å².